The van der Waals surface area contributed by atoms with Crippen LogP contribution in [0, 0.1) is 0 Å². The first-order valence-corrected chi connectivity index (χ1v) is 4.00. The van der Waals surface area contributed by atoms with Crippen molar-refractivity contribution in [3.8, 4) is 0 Å². The predicted octanol–water partition coefficient (Wildman–Crippen LogP) is 2.61. The van der Waals surface area contributed by atoms with Crippen molar-refractivity contribution in [1.82, 2.24) is 0 Å². The highest BCUT2D eigenvalue weighted by Crippen LogP contribution is 2.17. The van der Waals surface area contributed by atoms with Gasteiger partial charge in [0, 0.05) is 5.57 Å². The molecule has 0 amide bonds. The maximum absolute atomic E-state index is 5.19. The Morgan fingerprint density at radius 1 is 1.08 bits per heavy atom. The molecule has 0 aliphatic carbocycles. The van der Waals surface area contributed by atoms with Crippen LogP contribution in [0.25, 0.3) is 5.57 Å². The van der Waals surface area contributed by atoms with E-state index in [-0.39, 0.29) is 0 Å². The molecular weight excluding hydrogens is 148 g/mol. The van der Waals surface area contributed by atoms with E-state index in [0.717, 1.165) is 5.57 Å². The third-order valence-electron chi connectivity index (χ3n) is 1.81. The zero-order chi connectivity index (χ0) is 8.23. The second kappa shape index (κ2) is 3.26. The van der Waals surface area contributed by atoms with Crippen LogP contribution in [-0.2, 0) is 4.74 Å². The number of rotatable bonds is 1. The summed E-state index contributed by atoms with van der Waals surface area (Å²) in [7, 11) is 0. The predicted molar refractivity (Wildman–Crippen MR) is 49.5 cm³/mol. The standard InChI is InChI=1S/C11H10O/c1-2-5-10(6-3-1)11-7-4-8-12-9-11/h1-7,9H,8H2. The van der Waals surface area contributed by atoms with E-state index >= 15 is 0 Å². The van der Waals surface area contributed by atoms with E-state index in [4.69, 9.17) is 4.74 Å². The zero-order valence-electron chi connectivity index (χ0n) is 6.73. The maximum Gasteiger partial charge on any atom is 0.106 e. The number of hydrogen-bond acceptors (Lipinski definition) is 1. The Bertz CT molecular complexity index is 309. The molecule has 12 heavy (non-hydrogen) atoms. The summed E-state index contributed by atoms with van der Waals surface area (Å²) in [6, 6.07) is 10.2. The van der Waals surface area contributed by atoms with Crippen molar-refractivity contribution in [2.45, 2.75) is 0 Å². The molecule has 1 nitrogen and oxygen atoms in total. The lowest BCUT2D eigenvalue weighted by molar-refractivity contribution is 0.288. The van der Waals surface area contributed by atoms with Gasteiger partial charge in [-0.15, -0.1) is 0 Å². The van der Waals surface area contributed by atoms with Gasteiger partial charge in [0.15, 0.2) is 0 Å². The Hall–Kier alpha value is -1.50. The van der Waals surface area contributed by atoms with Crippen molar-refractivity contribution in [2.75, 3.05) is 6.61 Å². The average Bonchev–Trinajstić information content (AvgIpc) is 2.21. The van der Waals surface area contributed by atoms with Crippen molar-refractivity contribution in [1.29, 1.82) is 0 Å². The molecule has 0 bridgehead atoms. The van der Waals surface area contributed by atoms with Crippen LogP contribution in [-0.4, -0.2) is 6.61 Å². The highest BCUT2D eigenvalue weighted by molar-refractivity contribution is 5.73. The van der Waals surface area contributed by atoms with Crippen molar-refractivity contribution >= 4 is 5.57 Å². The van der Waals surface area contributed by atoms with Gasteiger partial charge in [-0.05, 0) is 11.6 Å². The van der Waals surface area contributed by atoms with E-state index in [1.54, 1.807) is 6.26 Å². The molecule has 0 N–H and O–H groups in total. The summed E-state index contributed by atoms with van der Waals surface area (Å²) in [5.74, 6) is 0. The molecule has 1 aromatic carbocycles. The number of ether oxygens (including phenoxy) is 1. The first-order chi connectivity index (χ1) is 5.97. The van der Waals surface area contributed by atoms with Gasteiger partial charge in [-0.25, -0.2) is 0 Å². The van der Waals surface area contributed by atoms with Gasteiger partial charge in [-0.2, -0.15) is 0 Å². The molecule has 1 aliphatic rings. The Balaban J connectivity index is 2.31. The third-order valence-corrected chi connectivity index (χ3v) is 1.81. The van der Waals surface area contributed by atoms with E-state index in [2.05, 4.69) is 18.2 Å². The van der Waals surface area contributed by atoms with Crippen LogP contribution in [0.4, 0.5) is 0 Å². The number of benzene rings is 1. The van der Waals surface area contributed by atoms with Crippen LogP contribution < -0.4 is 0 Å². The molecule has 1 heterocycles. The van der Waals surface area contributed by atoms with Crippen LogP contribution in [0.3, 0.4) is 0 Å². The van der Waals surface area contributed by atoms with Crippen LogP contribution in [0.2, 0.25) is 0 Å². The van der Waals surface area contributed by atoms with Crippen molar-refractivity contribution < 1.29 is 4.74 Å². The summed E-state index contributed by atoms with van der Waals surface area (Å²) in [6.07, 6.45) is 5.90. The lowest BCUT2D eigenvalue weighted by atomic mass is 10.1. The molecule has 1 aliphatic heterocycles. The van der Waals surface area contributed by atoms with E-state index in [1.807, 2.05) is 24.3 Å². The maximum atomic E-state index is 5.19. The average molecular weight is 158 g/mol. The smallest absolute Gasteiger partial charge is 0.106 e. The molecule has 0 saturated heterocycles. The minimum Gasteiger partial charge on any atom is -0.496 e. The molecule has 60 valence electrons. The second-order valence-corrected chi connectivity index (χ2v) is 2.67. The van der Waals surface area contributed by atoms with Crippen LogP contribution >= 0.6 is 0 Å². The minimum absolute atomic E-state index is 0.691. The molecule has 1 heteroatoms. The molecule has 0 atom stereocenters. The minimum atomic E-state index is 0.691. The van der Waals surface area contributed by atoms with E-state index < -0.39 is 0 Å². The first-order valence-electron chi connectivity index (χ1n) is 4.00. The number of allylic oxidation sites excluding steroid dienone is 2. The van der Waals surface area contributed by atoms with Crippen molar-refractivity contribution in [2.24, 2.45) is 0 Å². The lowest BCUT2D eigenvalue weighted by Crippen LogP contribution is -1.91. The molecule has 0 spiro atoms. The van der Waals surface area contributed by atoms with Gasteiger partial charge >= 0.3 is 0 Å². The normalized spacial score (nSPS) is 15.2. The second-order valence-electron chi connectivity index (χ2n) is 2.67. The molecule has 2 rings (SSSR count). The van der Waals surface area contributed by atoms with Gasteiger partial charge in [0.2, 0.25) is 0 Å². The summed E-state index contributed by atoms with van der Waals surface area (Å²) in [4.78, 5) is 0. The van der Waals surface area contributed by atoms with Gasteiger partial charge in [-0.1, -0.05) is 36.4 Å². The SMILES string of the molecule is C1=CC(c2ccccc2)=COC1. The van der Waals surface area contributed by atoms with Gasteiger partial charge < -0.3 is 4.74 Å². The zero-order valence-corrected chi connectivity index (χ0v) is 6.73. The van der Waals surface area contributed by atoms with Gasteiger partial charge in [-0.3, -0.25) is 0 Å². The number of hydrogen-bond donors (Lipinski definition) is 0. The highest BCUT2D eigenvalue weighted by atomic mass is 16.5. The fraction of sp³-hybridized carbons (Fsp3) is 0.0909. The summed E-state index contributed by atoms with van der Waals surface area (Å²) in [6.45, 7) is 0.691. The molecule has 0 unspecified atom stereocenters. The lowest BCUT2D eigenvalue weighted by Gasteiger charge is -2.07. The Kier molecular flexibility index (Phi) is 1.95. The molecule has 0 fully saturated rings. The fourth-order valence-electron chi connectivity index (χ4n) is 1.20. The van der Waals surface area contributed by atoms with E-state index in [9.17, 15) is 0 Å². The summed E-state index contributed by atoms with van der Waals surface area (Å²) < 4.78 is 5.19. The van der Waals surface area contributed by atoms with Gasteiger partial charge in [0.25, 0.3) is 0 Å². The van der Waals surface area contributed by atoms with Crippen molar-refractivity contribution in [3.05, 3.63) is 54.3 Å². The highest BCUT2D eigenvalue weighted by Gasteiger charge is 1.99. The summed E-state index contributed by atoms with van der Waals surface area (Å²) in [5, 5.41) is 0. The van der Waals surface area contributed by atoms with Gasteiger partial charge in [0.05, 0.1) is 6.26 Å². The molecule has 0 radical (unpaired) electrons. The Morgan fingerprint density at radius 2 is 1.92 bits per heavy atom. The molecule has 0 saturated carbocycles. The summed E-state index contributed by atoms with van der Waals surface area (Å²) in [5.41, 5.74) is 2.34. The van der Waals surface area contributed by atoms with E-state index in [1.165, 1.54) is 5.56 Å². The monoisotopic (exact) mass is 158 g/mol. The van der Waals surface area contributed by atoms with E-state index in [0.29, 0.717) is 6.61 Å². The quantitative estimate of drug-likeness (QED) is 0.610. The molecule has 1 aromatic rings. The third kappa shape index (κ3) is 1.40. The topological polar surface area (TPSA) is 9.23 Å². The van der Waals surface area contributed by atoms with Gasteiger partial charge in [0.1, 0.15) is 6.61 Å². The fourth-order valence-corrected chi connectivity index (χ4v) is 1.20. The van der Waals surface area contributed by atoms with Crippen molar-refractivity contribution in [3.63, 3.8) is 0 Å². The molecular formula is C11H10O. The van der Waals surface area contributed by atoms with Crippen LogP contribution in [0.5, 0.6) is 0 Å². The largest absolute Gasteiger partial charge is 0.496 e. The summed E-state index contributed by atoms with van der Waals surface area (Å²) >= 11 is 0. The Labute approximate surface area is 72.0 Å². The first kappa shape index (κ1) is 7.17. The van der Waals surface area contributed by atoms with Crippen LogP contribution in [0.15, 0.2) is 48.7 Å². The Morgan fingerprint density at radius 3 is 2.58 bits per heavy atom. The molecule has 0 aromatic heterocycles. The van der Waals surface area contributed by atoms with Crippen LogP contribution in [0.1, 0.15) is 5.56 Å².